The molecule has 0 amide bonds. The summed E-state index contributed by atoms with van der Waals surface area (Å²) in [5, 5.41) is 0.0710. The van der Waals surface area contributed by atoms with Crippen LogP contribution in [0.3, 0.4) is 0 Å². The highest BCUT2D eigenvalue weighted by molar-refractivity contribution is 9.09. The van der Waals surface area contributed by atoms with Crippen LogP contribution in [0.15, 0.2) is 0 Å². The molecule has 8 heavy (non-hydrogen) atoms. The average Bonchev–Trinajstić information content (AvgIpc) is 1.84. The summed E-state index contributed by atoms with van der Waals surface area (Å²) in [6.07, 6.45) is 1.03. The van der Waals surface area contributed by atoms with Crippen molar-refractivity contribution < 1.29 is 0 Å². The first-order chi connectivity index (χ1) is 3.72. The van der Waals surface area contributed by atoms with Gasteiger partial charge >= 0.3 is 0 Å². The number of halogens is 3. The predicted octanol–water partition coefficient (Wildman–Crippen LogP) is 3.01. The second-order valence-corrected chi connectivity index (χ2v) is 3.64. The van der Waals surface area contributed by atoms with Gasteiger partial charge in [-0.15, -0.1) is 23.2 Å². The SMILES string of the molecule is CCC(Br)C(Cl)CCl. The van der Waals surface area contributed by atoms with Crippen LogP contribution in [0.1, 0.15) is 13.3 Å². The number of rotatable bonds is 3. The fourth-order valence-corrected chi connectivity index (χ4v) is 1.15. The molecule has 3 heteroatoms. The molecule has 0 heterocycles. The third kappa shape index (κ3) is 3.16. The Balaban J connectivity index is 3.29. The van der Waals surface area contributed by atoms with Gasteiger partial charge in [0.15, 0.2) is 0 Å². The molecular formula is C5H9BrCl2. The zero-order valence-electron chi connectivity index (χ0n) is 4.70. The molecule has 0 aromatic carbocycles. The van der Waals surface area contributed by atoms with Crippen LogP contribution in [-0.2, 0) is 0 Å². The molecule has 0 aliphatic carbocycles. The number of alkyl halides is 3. The largest absolute Gasteiger partial charge is 0.125 e. The van der Waals surface area contributed by atoms with E-state index in [2.05, 4.69) is 22.9 Å². The molecule has 0 nitrogen and oxygen atoms in total. The van der Waals surface area contributed by atoms with Crippen LogP contribution < -0.4 is 0 Å². The molecule has 0 aromatic rings. The van der Waals surface area contributed by atoms with Crippen molar-refractivity contribution in [1.29, 1.82) is 0 Å². The van der Waals surface area contributed by atoms with Gasteiger partial charge in [0.05, 0.1) is 5.38 Å². The van der Waals surface area contributed by atoms with Crippen molar-refractivity contribution in [3.63, 3.8) is 0 Å². The van der Waals surface area contributed by atoms with Crippen molar-refractivity contribution in [3.8, 4) is 0 Å². The van der Waals surface area contributed by atoms with Gasteiger partial charge < -0.3 is 0 Å². The first-order valence-electron chi connectivity index (χ1n) is 2.56. The van der Waals surface area contributed by atoms with Crippen molar-refractivity contribution >= 4 is 39.1 Å². The number of hydrogen-bond acceptors (Lipinski definition) is 0. The Labute approximate surface area is 68.7 Å². The third-order valence-electron chi connectivity index (χ3n) is 0.930. The molecule has 0 saturated heterocycles. The Bertz CT molecular complexity index is 50.4. The molecule has 0 fully saturated rings. The van der Waals surface area contributed by atoms with E-state index in [4.69, 9.17) is 23.2 Å². The average molecular weight is 220 g/mol. The van der Waals surface area contributed by atoms with Gasteiger partial charge in [0, 0.05) is 10.7 Å². The zero-order valence-corrected chi connectivity index (χ0v) is 7.80. The Kier molecular flexibility index (Phi) is 5.54. The monoisotopic (exact) mass is 218 g/mol. The van der Waals surface area contributed by atoms with Crippen molar-refractivity contribution in [3.05, 3.63) is 0 Å². The summed E-state index contributed by atoms with van der Waals surface area (Å²) in [5.41, 5.74) is 0. The fraction of sp³-hybridized carbons (Fsp3) is 1.00. The minimum atomic E-state index is 0.0710. The lowest BCUT2D eigenvalue weighted by atomic mass is 10.3. The minimum absolute atomic E-state index is 0.0710. The molecule has 2 unspecified atom stereocenters. The molecule has 0 rings (SSSR count). The van der Waals surface area contributed by atoms with Crippen LogP contribution in [0.5, 0.6) is 0 Å². The van der Waals surface area contributed by atoms with Gasteiger partial charge in [-0.25, -0.2) is 0 Å². The van der Waals surface area contributed by atoms with E-state index in [1.807, 2.05) is 0 Å². The first kappa shape index (κ1) is 9.06. The molecule has 2 atom stereocenters. The van der Waals surface area contributed by atoms with Gasteiger partial charge in [0.2, 0.25) is 0 Å². The van der Waals surface area contributed by atoms with E-state index in [1.165, 1.54) is 0 Å². The van der Waals surface area contributed by atoms with Crippen LogP contribution in [0.4, 0.5) is 0 Å². The number of hydrogen-bond donors (Lipinski definition) is 0. The lowest BCUT2D eigenvalue weighted by molar-refractivity contribution is 0.817. The summed E-state index contributed by atoms with van der Waals surface area (Å²) < 4.78 is 0. The summed E-state index contributed by atoms with van der Waals surface area (Å²) in [6.45, 7) is 2.07. The van der Waals surface area contributed by atoms with E-state index in [0.717, 1.165) is 6.42 Å². The van der Waals surface area contributed by atoms with Crippen LogP contribution in [0.2, 0.25) is 0 Å². The highest BCUT2D eigenvalue weighted by Gasteiger charge is 2.11. The van der Waals surface area contributed by atoms with Gasteiger partial charge in [0.25, 0.3) is 0 Å². The van der Waals surface area contributed by atoms with Crippen LogP contribution in [0.25, 0.3) is 0 Å². The van der Waals surface area contributed by atoms with E-state index < -0.39 is 0 Å². The van der Waals surface area contributed by atoms with Gasteiger partial charge in [-0.1, -0.05) is 22.9 Å². The summed E-state index contributed by atoms with van der Waals surface area (Å²) in [6, 6.07) is 0. The molecule has 50 valence electrons. The molecule has 0 aromatic heterocycles. The van der Waals surface area contributed by atoms with Gasteiger partial charge in [-0.3, -0.25) is 0 Å². The minimum Gasteiger partial charge on any atom is -0.125 e. The van der Waals surface area contributed by atoms with Gasteiger partial charge in [0.1, 0.15) is 0 Å². The Morgan fingerprint density at radius 1 is 1.62 bits per heavy atom. The molecule has 0 spiro atoms. The summed E-state index contributed by atoms with van der Waals surface area (Å²) in [5.74, 6) is 0.519. The van der Waals surface area contributed by atoms with Gasteiger partial charge in [-0.2, -0.15) is 0 Å². The molecule has 0 saturated carbocycles. The summed E-state index contributed by atoms with van der Waals surface area (Å²) in [4.78, 5) is 0.363. The summed E-state index contributed by atoms with van der Waals surface area (Å²) >= 11 is 14.6. The zero-order chi connectivity index (χ0) is 6.57. The Hall–Kier alpha value is 1.06. The maximum absolute atomic E-state index is 5.74. The van der Waals surface area contributed by atoms with Gasteiger partial charge in [-0.05, 0) is 6.42 Å². The van der Waals surface area contributed by atoms with Crippen molar-refractivity contribution in [2.24, 2.45) is 0 Å². The van der Waals surface area contributed by atoms with Crippen molar-refractivity contribution in [2.45, 2.75) is 23.5 Å². The lowest BCUT2D eigenvalue weighted by Gasteiger charge is -2.09. The van der Waals surface area contributed by atoms with E-state index in [9.17, 15) is 0 Å². The molecular weight excluding hydrogens is 211 g/mol. The lowest BCUT2D eigenvalue weighted by Crippen LogP contribution is -2.14. The van der Waals surface area contributed by atoms with Crippen molar-refractivity contribution in [1.82, 2.24) is 0 Å². The molecule has 0 radical (unpaired) electrons. The van der Waals surface area contributed by atoms with Crippen molar-refractivity contribution in [2.75, 3.05) is 5.88 Å². The topological polar surface area (TPSA) is 0 Å². The normalized spacial score (nSPS) is 18.0. The third-order valence-corrected chi connectivity index (χ3v) is 3.47. The molecule has 0 aliphatic rings. The Morgan fingerprint density at radius 3 is 2.25 bits per heavy atom. The maximum atomic E-state index is 5.74. The van der Waals surface area contributed by atoms with E-state index in [1.54, 1.807) is 0 Å². The van der Waals surface area contributed by atoms with Crippen LogP contribution in [-0.4, -0.2) is 16.1 Å². The van der Waals surface area contributed by atoms with E-state index in [-0.39, 0.29) is 5.38 Å². The van der Waals surface area contributed by atoms with Crippen LogP contribution >= 0.6 is 39.1 Å². The first-order valence-corrected chi connectivity index (χ1v) is 4.45. The highest BCUT2D eigenvalue weighted by atomic mass is 79.9. The smallest absolute Gasteiger partial charge is 0.0596 e. The van der Waals surface area contributed by atoms with E-state index in [0.29, 0.717) is 10.7 Å². The highest BCUT2D eigenvalue weighted by Crippen LogP contribution is 2.16. The van der Waals surface area contributed by atoms with E-state index >= 15 is 0 Å². The maximum Gasteiger partial charge on any atom is 0.0596 e. The molecule has 0 bridgehead atoms. The predicted molar refractivity (Wildman–Crippen MR) is 43.4 cm³/mol. The van der Waals surface area contributed by atoms with Crippen LogP contribution in [0, 0.1) is 0 Å². The quantitative estimate of drug-likeness (QED) is 0.641. The Morgan fingerprint density at radius 2 is 2.12 bits per heavy atom. The molecule has 0 N–H and O–H groups in total. The fourth-order valence-electron chi connectivity index (χ4n) is 0.352. The second-order valence-electron chi connectivity index (χ2n) is 1.59. The standard InChI is InChI=1S/C5H9BrCl2/c1-2-4(6)5(8)3-7/h4-5H,2-3H2,1H3. The second kappa shape index (κ2) is 4.89. The molecule has 0 aliphatic heterocycles. The summed E-state index contributed by atoms with van der Waals surface area (Å²) in [7, 11) is 0.